The molecule has 2 amide bonds. The van der Waals surface area contributed by atoms with Gasteiger partial charge >= 0.3 is 6.16 Å². The molecule has 0 bridgehead atoms. The van der Waals surface area contributed by atoms with Crippen LogP contribution in [-0.2, 0) is 16.1 Å². The highest BCUT2D eigenvalue weighted by Gasteiger charge is 2.11. The number of carbonyl (C=O) groups is 3. The molecule has 0 aliphatic carbocycles. The molecule has 8 heteroatoms. The molecule has 34 heavy (non-hydrogen) atoms. The van der Waals surface area contributed by atoms with Gasteiger partial charge < -0.3 is 20.1 Å². The van der Waals surface area contributed by atoms with E-state index in [1.54, 1.807) is 43.3 Å². The number of halogens is 1. The van der Waals surface area contributed by atoms with Crippen molar-refractivity contribution in [2.45, 2.75) is 13.5 Å². The van der Waals surface area contributed by atoms with E-state index in [9.17, 15) is 18.8 Å². The van der Waals surface area contributed by atoms with Crippen LogP contribution in [0.2, 0.25) is 0 Å². The molecule has 0 atom stereocenters. The first-order valence-corrected chi connectivity index (χ1v) is 10.5. The number of carbonyl (C=O) groups excluding carboxylic acids is 3. The quantitative estimate of drug-likeness (QED) is 0.281. The zero-order chi connectivity index (χ0) is 24.3. The summed E-state index contributed by atoms with van der Waals surface area (Å²) in [5.74, 6) is -0.854. The molecule has 0 aromatic heterocycles. The van der Waals surface area contributed by atoms with E-state index in [1.807, 2.05) is 0 Å². The molecule has 0 heterocycles. The number of benzene rings is 3. The van der Waals surface area contributed by atoms with E-state index in [4.69, 9.17) is 9.47 Å². The number of hydrogen-bond donors (Lipinski definition) is 2. The maximum Gasteiger partial charge on any atom is 0.513 e. The first-order chi connectivity index (χ1) is 16.4. The summed E-state index contributed by atoms with van der Waals surface area (Å²) in [6.07, 6.45) is 2.01. The predicted octanol–water partition coefficient (Wildman–Crippen LogP) is 4.94. The lowest BCUT2D eigenvalue weighted by molar-refractivity contribution is -0.116. The van der Waals surface area contributed by atoms with Gasteiger partial charge in [0, 0.05) is 23.9 Å². The third-order valence-corrected chi connectivity index (χ3v) is 4.57. The predicted molar refractivity (Wildman–Crippen MR) is 126 cm³/mol. The van der Waals surface area contributed by atoms with Gasteiger partial charge in [0.1, 0.15) is 11.6 Å². The van der Waals surface area contributed by atoms with Crippen LogP contribution < -0.4 is 15.4 Å². The highest BCUT2D eigenvalue weighted by molar-refractivity contribution is 6.04. The van der Waals surface area contributed by atoms with Gasteiger partial charge in [-0.15, -0.1) is 0 Å². The van der Waals surface area contributed by atoms with Crippen LogP contribution in [0.4, 0.5) is 14.9 Å². The topological polar surface area (TPSA) is 93.7 Å². The van der Waals surface area contributed by atoms with Crippen LogP contribution >= 0.6 is 0 Å². The maximum absolute atomic E-state index is 13.2. The van der Waals surface area contributed by atoms with E-state index in [2.05, 4.69) is 10.6 Å². The molecule has 3 aromatic carbocycles. The number of nitrogens with one attached hydrogen (secondary N) is 2. The molecular formula is C26H23FN2O5. The monoisotopic (exact) mass is 462 g/mol. The van der Waals surface area contributed by atoms with Gasteiger partial charge in [-0.1, -0.05) is 30.3 Å². The number of ether oxygens (including phenoxy) is 2. The van der Waals surface area contributed by atoms with E-state index >= 15 is 0 Å². The van der Waals surface area contributed by atoms with Crippen LogP contribution in [0.1, 0.15) is 28.4 Å². The van der Waals surface area contributed by atoms with Crippen molar-refractivity contribution in [3.8, 4) is 5.75 Å². The second-order valence-electron chi connectivity index (χ2n) is 7.03. The van der Waals surface area contributed by atoms with Crippen molar-refractivity contribution in [2.24, 2.45) is 0 Å². The molecule has 0 unspecified atom stereocenters. The van der Waals surface area contributed by atoms with Gasteiger partial charge in [-0.25, -0.2) is 9.18 Å². The fourth-order valence-electron chi connectivity index (χ4n) is 2.93. The van der Waals surface area contributed by atoms with Crippen molar-refractivity contribution in [3.05, 3.63) is 101 Å². The average molecular weight is 462 g/mol. The smallest absolute Gasteiger partial charge is 0.434 e. The molecular weight excluding hydrogens is 439 g/mol. The Morgan fingerprint density at radius 1 is 0.971 bits per heavy atom. The second kappa shape index (κ2) is 12.0. The standard InChI is InChI=1S/C26H23FN2O5/c1-2-33-26(32)34-22-13-11-19(12-14-22)25(31)29-23-9-4-3-7-20(23)17-28-24(30)15-10-18-6-5-8-21(27)16-18/h3-16H,2,17H2,1H3,(H,28,30)(H,29,31)/b15-10+. The lowest BCUT2D eigenvalue weighted by Gasteiger charge is -2.12. The molecule has 0 aliphatic heterocycles. The van der Waals surface area contributed by atoms with Gasteiger partial charge in [-0.2, -0.15) is 0 Å². The van der Waals surface area contributed by atoms with Gasteiger partial charge in [-0.05, 0) is 66.6 Å². The zero-order valence-electron chi connectivity index (χ0n) is 18.4. The van der Waals surface area contributed by atoms with Crippen LogP contribution in [0.25, 0.3) is 6.08 Å². The average Bonchev–Trinajstić information content (AvgIpc) is 2.83. The minimum absolute atomic E-state index is 0.176. The molecule has 2 N–H and O–H groups in total. The summed E-state index contributed by atoms with van der Waals surface area (Å²) in [5, 5.41) is 5.55. The minimum atomic E-state index is -0.818. The fourth-order valence-corrected chi connectivity index (χ4v) is 2.93. The molecule has 0 radical (unpaired) electrons. The van der Waals surface area contributed by atoms with Gasteiger partial charge in [0.25, 0.3) is 5.91 Å². The Morgan fingerprint density at radius 2 is 1.74 bits per heavy atom. The highest BCUT2D eigenvalue weighted by atomic mass is 19.1. The van der Waals surface area contributed by atoms with Gasteiger partial charge in [0.05, 0.1) is 6.61 Å². The molecule has 0 fully saturated rings. The summed E-state index contributed by atoms with van der Waals surface area (Å²) < 4.78 is 22.9. The molecule has 3 aromatic rings. The third-order valence-electron chi connectivity index (χ3n) is 4.57. The van der Waals surface area contributed by atoms with Crippen molar-refractivity contribution in [3.63, 3.8) is 0 Å². The van der Waals surface area contributed by atoms with Gasteiger partial charge in [-0.3, -0.25) is 9.59 Å². The summed E-state index contributed by atoms with van der Waals surface area (Å²) in [6, 6.07) is 19.0. The molecule has 0 aliphatic rings. The van der Waals surface area contributed by atoms with Crippen molar-refractivity contribution < 1.29 is 28.2 Å². The van der Waals surface area contributed by atoms with Crippen LogP contribution in [0.5, 0.6) is 5.75 Å². The fraction of sp³-hybridized carbons (Fsp3) is 0.115. The lowest BCUT2D eigenvalue weighted by Crippen LogP contribution is -2.22. The Hall–Kier alpha value is -4.46. The maximum atomic E-state index is 13.2. The minimum Gasteiger partial charge on any atom is -0.434 e. The molecule has 7 nitrogen and oxygen atoms in total. The summed E-state index contributed by atoms with van der Waals surface area (Å²) >= 11 is 0. The van der Waals surface area contributed by atoms with Crippen LogP contribution in [-0.4, -0.2) is 24.6 Å². The lowest BCUT2D eigenvalue weighted by atomic mass is 10.1. The van der Waals surface area contributed by atoms with E-state index in [1.165, 1.54) is 48.6 Å². The van der Waals surface area contributed by atoms with E-state index in [0.29, 0.717) is 22.4 Å². The summed E-state index contributed by atoms with van der Waals surface area (Å²) in [4.78, 5) is 36.2. The Balaban J connectivity index is 1.58. The molecule has 0 saturated heterocycles. The zero-order valence-corrected chi connectivity index (χ0v) is 18.4. The number of amides is 2. The molecule has 0 spiro atoms. The Bertz CT molecular complexity index is 1190. The number of anilines is 1. The number of rotatable bonds is 8. The molecule has 0 saturated carbocycles. The number of hydrogen-bond acceptors (Lipinski definition) is 5. The Morgan fingerprint density at radius 3 is 2.47 bits per heavy atom. The molecule has 174 valence electrons. The largest absolute Gasteiger partial charge is 0.513 e. The number of para-hydroxylation sites is 1. The SMILES string of the molecule is CCOC(=O)Oc1ccc(C(=O)Nc2ccccc2CNC(=O)/C=C/c2cccc(F)c2)cc1. The van der Waals surface area contributed by atoms with Crippen molar-refractivity contribution >= 4 is 29.7 Å². The highest BCUT2D eigenvalue weighted by Crippen LogP contribution is 2.18. The Labute approximate surface area is 196 Å². The second-order valence-corrected chi connectivity index (χ2v) is 7.03. The molecule has 3 rings (SSSR count). The van der Waals surface area contributed by atoms with Crippen molar-refractivity contribution in [2.75, 3.05) is 11.9 Å². The van der Waals surface area contributed by atoms with Crippen molar-refractivity contribution in [1.82, 2.24) is 5.32 Å². The Kier molecular flexibility index (Phi) is 8.51. The summed E-state index contributed by atoms with van der Waals surface area (Å²) in [5.41, 5.74) is 2.16. The van der Waals surface area contributed by atoms with E-state index in [0.717, 1.165) is 0 Å². The summed E-state index contributed by atoms with van der Waals surface area (Å²) in [7, 11) is 0. The van der Waals surface area contributed by atoms with Gasteiger partial charge in [0.15, 0.2) is 0 Å². The van der Waals surface area contributed by atoms with E-state index in [-0.39, 0.29) is 36.5 Å². The van der Waals surface area contributed by atoms with Crippen LogP contribution in [0, 0.1) is 5.82 Å². The van der Waals surface area contributed by atoms with Crippen LogP contribution in [0.15, 0.2) is 78.9 Å². The van der Waals surface area contributed by atoms with Crippen LogP contribution in [0.3, 0.4) is 0 Å². The first-order valence-electron chi connectivity index (χ1n) is 10.5. The van der Waals surface area contributed by atoms with E-state index < -0.39 is 6.16 Å². The van der Waals surface area contributed by atoms with Crippen molar-refractivity contribution in [1.29, 1.82) is 0 Å². The summed E-state index contributed by atoms with van der Waals surface area (Å²) in [6.45, 7) is 2.04. The van der Waals surface area contributed by atoms with Gasteiger partial charge in [0.2, 0.25) is 5.91 Å². The normalized spacial score (nSPS) is 10.5. The third kappa shape index (κ3) is 7.30. The first kappa shape index (κ1) is 24.2.